The van der Waals surface area contributed by atoms with Gasteiger partial charge in [-0.2, -0.15) is 0 Å². The van der Waals surface area contributed by atoms with Crippen molar-refractivity contribution >= 4 is 5.91 Å². The Labute approximate surface area is 146 Å². The summed E-state index contributed by atoms with van der Waals surface area (Å²) in [5.74, 6) is 1.29. The first-order valence-corrected chi connectivity index (χ1v) is 8.80. The Bertz CT molecular complexity index is 704. The predicted molar refractivity (Wildman–Crippen MR) is 90.6 cm³/mol. The number of hydrogen-bond donors (Lipinski definition) is 0. The third kappa shape index (κ3) is 3.72. The van der Waals surface area contributed by atoms with E-state index in [9.17, 15) is 4.79 Å². The Morgan fingerprint density at radius 1 is 1.12 bits per heavy atom. The summed E-state index contributed by atoms with van der Waals surface area (Å²) in [4.78, 5) is 16.5. The molecule has 0 bridgehead atoms. The Kier molecular flexibility index (Phi) is 4.76. The van der Waals surface area contributed by atoms with Gasteiger partial charge in [0.2, 0.25) is 11.8 Å². The van der Waals surface area contributed by atoms with E-state index in [1.807, 2.05) is 35.2 Å². The van der Waals surface area contributed by atoms with Crippen LogP contribution in [-0.2, 0) is 16.1 Å². The van der Waals surface area contributed by atoms with Crippen LogP contribution < -0.4 is 0 Å². The normalized spacial score (nSPS) is 21.6. The molecule has 2 aromatic rings. The number of hydrogen-bond acceptors (Lipinski definition) is 6. The van der Waals surface area contributed by atoms with Crippen LogP contribution in [0.1, 0.15) is 18.7 Å². The number of rotatable bonds is 4. The number of ether oxygens (including phenoxy) is 1. The number of amides is 1. The molecule has 7 heteroatoms. The van der Waals surface area contributed by atoms with Crippen LogP contribution in [0.5, 0.6) is 0 Å². The third-order valence-corrected chi connectivity index (χ3v) is 4.74. The molecule has 4 rings (SSSR count). The van der Waals surface area contributed by atoms with Crippen molar-refractivity contribution in [3.63, 3.8) is 0 Å². The van der Waals surface area contributed by atoms with Crippen molar-refractivity contribution in [2.45, 2.75) is 25.5 Å². The lowest BCUT2D eigenvalue weighted by Gasteiger charge is -2.35. The van der Waals surface area contributed by atoms with Crippen molar-refractivity contribution in [2.24, 2.45) is 0 Å². The monoisotopic (exact) mass is 342 g/mol. The molecule has 7 nitrogen and oxygen atoms in total. The van der Waals surface area contributed by atoms with Gasteiger partial charge >= 0.3 is 0 Å². The summed E-state index contributed by atoms with van der Waals surface area (Å²) in [7, 11) is 0. The molecule has 1 atom stereocenters. The van der Waals surface area contributed by atoms with Crippen LogP contribution in [0.15, 0.2) is 34.7 Å². The first kappa shape index (κ1) is 16.2. The van der Waals surface area contributed by atoms with Crippen molar-refractivity contribution in [1.29, 1.82) is 0 Å². The second kappa shape index (κ2) is 7.33. The van der Waals surface area contributed by atoms with Crippen molar-refractivity contribution in [2.75, 3.05) is 32.8 Å². The number of nitrogens with zero attached hydrogens (tertiary/aromatic N) is 4. The van der Waals surface area contributed by atoms with Gasteiger partial charge in [0.05, 0.1) is 6.54 Å². The van der Waals surface area contributed by atoms with Crippen molar-refractivity contribution < 1.29 is 13.9 Å². The van der Waals surface area contributed by atoms with E-state index in [1.54, 1.807) is 0 Å². The highest BCUT2D eigenvalue weighted by molar-refractivity contribution is 5.81. The highest BCUT2D eigenvalue weighted by Gasteiger charge is 2.30. The first-order valence-electron chi connectivity index (χ1n) is 8.80. The number of benzene rings is 1. The van der Waals surface area contributed by atoms with Gasteiger partial charge < -0.3 is 14.1 Å². The number of carbonyl (C=O) groups excluding carboxylic acids is 1. The van der Waals surface area contributed by atoms with Crippen LogP contribution in [0.4, 0.5) is 0 Å². The quantitative estimate of drug-likeness (QED) is 0.840. The fraction of sp³-hybridized carbons (Fsp3) is 0.500. The molecular weight excluding hydrogens is 320 g/mol. The summed E-state index contributed by atoms with van der Waals surface area (Å²) in [6.07, 6.45) is 1.61. The standard InChI is InChI=1S/C18H22N4O3/c23-18(15-7-4-12-24-15)22-10-8-21(9-11-22)13-16-19-20-17(25-16)14-5-2-1-3-6-14/h1-3,5-6,15H,4,7-13H2/t15-/m1/s1. The SMILES string of the molecule is O=C([C@H]1CCCO1)N1CCN(Cc2nnc(-c3ccccc3)o2)CC1. The van der Waals surface area contributed by atoms with Crippen LogP contribution in [0.25, 0.3) is 11.5 Å². The van der Waals surface area contributed by atoms with Gasteiger partial charge in [0, 0.05) is 38.3 Å². The van der Waals surface area contributed by atoms with Crippen LogP contribution in [0.3, 0.4) is 0 Å². The van der Waals surface area contributed by atoms with Gasteiger partial charge in [0.1, 0.15) is 6.10 Å². The van der Waals surface area contributed by atoms with E-state index in [-0.39, 0.29) is 12.0 Å². The molecule has 0 saturated carbocycles. The zero-order valence-corrected chi connectivity index (χ0v) is 14.1. The molecule has 2 aliphatic rings. The molecule has 0 unspecified atom stereocenters. The maximum absolute atomic E-state index is 12.4. The molecule has 1 aromatic heterocycles. The number of carbonyl (C=O) groups is 1. The van der Waals surface area contributed by atoms with E-state index in [0.29, 0.717) is 24.9 Å². The largest absolute Gasteiger partial charge is 0.419 e. The Hall–Kier alpha value is -2.25. The molecule has 2 aliphatic heterocycles. The summed E-state index contributed by atoms with van der Waals surface area (Å²) in [5.41, 5.74) is 0.924. The molecule has 2 fully saturated rings. The van der Waals surface area contributed by atoms with Gasteiger partial charge in [-0.15, -0.1) is 10.2 Å². The summed E-state index contributed by atoms with van der Waals surface area (Å²) in [6.45, 7) is 4.37. The van der Waals surface area contributed by atoms with E-state index >= 15 is 0 Å². The molecule has 3 heterocycles. The fourth-order valence-electron chi connectivity index (χ4n) is 3.31. The van der Waals surface area contributed by atoms with E-state index in [0.717, 1.165) is 44.6 Å². The van der Waals surface area contributed by atoms with Crippen LogP contribution in [0.2, 0.25) is 0 Å². The average molecular weight is 342 g/mol. The van der Waals surface area contributed by atoms with Crippen LogP contribution in [0, 0.1) is 0 Å². The summed E-state index contributed by atoms with van der Waals surface area (Å²) in [6, 6.07) is 9.75. The molecular formula is C18H22N4O3. The Morgan fingerprint density at radius 3 is 2.64 bits per heavy atom. The minimum absolute atomic E-state index is 0.140. The van der Waals surface area contributed by atoms with Gasteiger partial charge in [-0.3, -0.25) is 9.69 Å². The topological polar surface area (TPSA) is 71.7 Å². The van der Waals surface area contributed by atoms with Crippen molar-refractivity contribution in [3.05, 3.63) is 36.2 Å². The summed E-state index contributed by atoms with van der Waals surface area (Å²) >= 11 is 0. The number of aromatic nitrogens is 2. The van der Waals surface area contributed by atoms with Gasteiger partial charge in [-0.1, -0.05) is 18.2 Å². The summed E-state index contributed by atoms with van der Waals surface area (Å²) < 4.78 is 11.3. The minimum Gasteiger partial charge on any atom is -0.419 e. The molecule has 0 aliphatic carbocycles. The zero-order chi connectivity index (χ0) is 17.1. The Morgan fingerprint density at radius 2 is 1.92 bits per heavy atom. The van der Waals surface area contributed by atoms with Gasteiger partial charge in [0.15, 0.2) is 0 Å². The maximum atomic E-state index is 12.4. The van der Waals surface area contributed by atoms with Gasteiger partial charge in [0.25, 0.3) is 5.91 Å². The van der Waals surface area contributed by atoms with Crippen LogP contribution >= 0.6 is 0 Å². The Balaban J connectivity index is 1.30. The highest BCUT2D eigenvalue weighted by Crippen LogP contribution is 2.19. The van der Waals surface area contributed by atoms with Crippen molar-refractivity contribution in [3.8, 4) is 11.5 Å². The third-order valence-electron chi connectivity index (χ3n) is 4.74. The van der Waals surface area contributed by atoms with E-state index in [2.05, 4.69) is 15.1 Å². The lowest BCUT2D eigenvalue weighted by atomic mass is 10.2. The zero-order valence-electron chi connectivity index (χ0n) is 14.1. The van der Waals surface area contributed by atoms with E-state index in [1.165, 1.54) is 0 Å². The molecule has 1 amide bonds. The van der Waals surface area contributed by atoms with Gasteiger partial charge in [-0.25, -0.2) is 0 Å². The molecule has 0 spiro atoms. The second-order valence-corrected chi connectivity index (χ2v) is 6.47. The summed E-state index contributed by atoms with van der Waals surface area (Å²) in [5, 5.41) is 8.27. The number of piperazine rings is 1. The lowest BCUT2D eigenvalue weighted by molar-refractivity contribution is -0.142. The van der Waals surface area contributed by atoms with Crippen LogP contribution in [-0.4, -0.2) is 64.8 Å². The highest BCUT2D eigenvalue weighted by atomic mass is 16.5. The van der Waals surface area contributed by atoms with E-state index < -0.39 is 0 Å². The fourth-order valence-corrected chi connectivity index (χ4v) is 3.31. The molecule has 0 N–H and O–H groups in total. The molecule has 0 radical (unpaired) electrons. The predicted octanol–water partition coefficient (Wildman–Crippen LogP) is 1.56. The lowest BCUT2D eigenvalue weighted by Crippen LogP contribution is -2.51. The first-order chi connectivity index (χ1) is 12.3. The second-order valence-electron chi connectivity index (χ2n) is 6.47. The smallest absolute Gasteiger partial charge is 0.251 e. The molecule has 132 valence electrons. The molecule has 1 aromatic carbocycles. The maximum Gasteiger partial charge on any atom is 0.251 e. The van der Waals surface area contributed by atoms with Crippen molar-refractivity contribution in [1.82, 2.24) is 20.0 Å². The van der Waals surface area contributed by atoms with Gasteiger partial charge in [-0.05, 0) is 25.0 Å². The average Bonchev–Trinajstić information content (AvgIpc) is 3.35. The minimum atomic E-state index is -0.226. The molecule has 2 saturated heterocycles. The van der Waals surface area contributed by atoms with E-state index in [4.69, 9.17) is 9.15 Å². The molecule has 25 heavy (non-hydrogen) atoms.